The summed E-state index contributed by atoms with van der Waals surface area (Å²) in [4.78, 5) is 16.0. The Labute approximate surface area is 125 Å². The fourth-order valence-electron chi connectivity index (χ4n) is 1.80. The Bertz CT molecular complexity index is 530. The summed E-state index contributed by atoms with van der Waals surface area (Å²) in [7, 11) is 0. The number of hydrogen-bond acceptors (Lipinski definition) is 4. The van der Waals surface area contributed by atoms with Crippen LogP contribution in [-0.2, 0) is 4.74 Å². The van der Waals surface area contributed by atoms with E-state index in [4.69, 9.17) is 10.5 Å². The molecule has 0 bridgehead atoms. The molecule has 1 aliphatic carbocycles. The molecule has 1 aromatic rings. The molecule has 0 atom stereocenters. The van der Waals surface area contributed by atoms with Crippen molar-refractivity contribution in [2.45, 2.75) is 19.3 Å². The van der Waals surface area contributed by atoms with Gasteiger partial charge in [0.05, 0.1) is 12.1 Å². The molecule has 1 heterocycles. The van der Waals surface area contributed by atoms with E-state index in [1.54, 1.807) is 12.3 Å². The van der Waals surface area contributed by atoms with Crippen LogP contribution in [0.4, 0.5) is 0 Å². The number of aromatic nitrogens is 1. The maximum absolute atomic E-state index is 12.0. The van der Waals surface area contributed by atoms with Gasteiger partial charge in [0.2, 0.25) is 0 Å². The molecule has 3 N–H and O–H groups in total. The number of nitrogens with one attached hydrogen (secondary N) is 1. The number of nitrogens with zero attached hydrogens (tertiary/aromatic N) is 1. The van der Waals surface area contributed by atoms with Gasteiger partial charge in [0.25, 0.3) is 5.91 Å². The molecule has 5 nitrogen and oxygen atoms in total. The lowest BCUT2D eigenvalue weighted by Crippen LogP contribution is -2.25. The fraction of sp³-hybridized carbons (Fsp3) is 0.500. The number of rotatable bonds is 7. The average Bonchev–Trinajstić information content (AvgIpc) is 3.33. The topological polar surface area (TPSA) is 77.2 Å². The minimum absolute atomic E-state index is 0.138. The Balaban J connectivity index is 1.69. The van der Waals surface area contributed by atoms with Crippen LogP contribution in [0.1, 0.15) is 35.2 Å². The second-order valence-corrected chi connectivity index (χ2v) is 5.10. The number of nitrogens with two attached hydrogens (primary N) is 1. The molecular weight excluding hydrogens is 266 g/mol. The van der Waals surface area contributed by atoms with E-state index in [1.165, 1.54) is 19.0 Å². The largest absolute Gasteiger partial charge is 0.381 e. The lowest BCUT2D eigenvalue weighted by atomic mass is 10.2. The van der Waals surface area contributed by atoms with E-state index < -0.39 is 0 Å². The molecule has 1 aliphatic rings. The van der Waals surface area contributed by atoms with Gasteiger partial charge in [-0.2, -0.15) is 0 Å². The summed E-state index contributed by atoms with van der Waals surface area (Å²) < 4.78 is 5.51. The van der Waals surface area contributed by atoms with E-state index in [9.17, 15) is 4.79 Å². The van der Waals surface area contributed by atoms with Crippen LogP contribution in [-0.4, -0.2) is 37.2 Å². The van der Waals surface area contributed by atoms with Crippen molar-refractivity contribution < 1.29 is 9.53 Å². The van der Waals surface area contributed by atoms with Crippen molar-refractivity contribution in [2.75, 3.05) is 26.3 Å². The summed E-state index contributed by atoms with van der Waals surface area (Å²) in [6.45, 7) is 2.44. The summed E-state index contributed by atoms with van der Waals surface area (Å²) in [5.41, 5.74) is 6.52. The molecule has 5 heteroatoms. The highest BCUT2D eigenvalue weighted by Gasteiger charge is 2.20. The number of carbonyl (C=O) groups excluding carboxylic acids is 1. The molecule has 0 aliphatic heterocycles. The molecule has 1 amide bonds. The fourth-order valence-corrected chi connectivity index (χ4v) is 1.80. The van der Waals surface area contributed by atoms with Crippen LogP contribution >= 0.6 is 0 Å². The zero-order valence-electron chi connectivity index (χ0n) is 12.1. The SMILES string of the molecule is NCC#Cc1cncc(C(=O)NCCCOCC2CC2)c1. The highest BCUT2D eigenvalue weighted by Crippen LogP contribution is 2.28. The Morgan fingerprint density at radius 2 is 2.33 bits per heavy atom. The van der Waals surface area contributed by atoms with E-state index >= 15 is 0 Å². The van der Waals surface area contributed by atoms with Crippen molar-refractivity contribution in [3.05, 3.63) is 29.6 Å². The van der Waals surface area contributed by atoms with Gasteiger partial charge in [0, 0.05) is 37.7 Å². The highest BCUT2D eigenvalue weighted by atomic mass is 16.5. The molecule has 21 heavy (non-hydrogen) atoms. The minimum atomic E-state index is -0.138. The Hall–Kier alpha value is -1.90. The quantitative estimate of drug-likeness (QED) is 0.578. The molecule has 0 unspecified atom stereocenters. The number of amides is 1. The van der Waals surface area contributed by atoms with Gasteiger partial charge in [-0.05, 0) is 31.2 Å². The predicted molar refractivity (Wildman–Crippen MR) is 80.7 cm³/mol. The van der Waals surface area contributed by atoms with Crippen molar-refractivity contribution in [3.63, 3.8) is 0 Å². The summed E-state index contributed by atoms with van der Waals surface area (Å²) in [6, 6.07) is 1.72. The molecule has 0 spiro atoms. The standard InChI is InChI=1S/C16H21N3O2/c17-6-1-3-14-9-15(11-18-10-14)16(20)19-7-2-8-21-12-13-4-5-13/h9-11,13H,2,4-8,12,17H2,(H,19,20). The van der Waals surface area contributed by atoms with Gasteiger partial charge >= 0.3 is 0 Å². The molecule has 1 saturated carbocycles. The number of carbonyl (C=O) groups is 1. The second-order valence-electron chi connectivity index (χ2n) is 5.10. The maximum Gasteiger partial charge on any atom is 0.252 e. The van der Waals surface area contributed by atoms with Crippen LogP contribution in [0.3, 0.4) is 0 Å². The van der Waals surface area contributed by atoms with Gasteiger partial charge in [-0.1, -0.05) is 11.8 Å². The highest BCUT2D eigenvalue weighted by molar-refractivity contribution is 5.94. The number of pyridine rings is 1. The molecular formula is C16H21N3O2. The van der Waals surface area contributed by atoms with Crippen LogP contribution in [0, 0.1) is 17.8 Å². The molecule has 0 aromatic carbocycles. The first-order valence-corrected chi connectivity index (χ1v) is 7.29. The Kier molecular flexibility index (Phi) is 6.20. The maximum atomic E-state index is 12.0. The van der Waals surface area contributed by atoms with Crippen LogP contribution in [0.5, 0.6) is 0 Å². The first-order valence-electron chi connectivity index (χ1n) is 7.29. The van der Waals surface area contributed by atoms with Crippen LogP contribution in [0.2, 0.25) is 0 Å². The number of hydrogen-bond donors (Lipinski definition) is 2. The number of ether oxygens (including phenoxy) is 1. The lowest BCUT2D eigenvalue weighted by Gasteiger charge is -2.06. The van der Waals surface area contributed by atoms with Crippen LogP contribution in [0.25, 0.3) is 0 Å². The normalized spacial score (nSPS) is 13.4. The van der Waals surface area contributed by atoms with Crippen LogP contribution < -0.4 is 11.1 Å². The smallest absolute Gasteiger partial charge is 0.252 e. The van der Waals surface area contributed by atoms with Crippen LogP contribution in [0.15, 0.2) is 18.5 Å². The van der Waals surface area contributed by atoms with Gasteiger partial charge < -0.3 is 15.8 Å². The predicted octanol–water partition coefficient (Wildman–Crippen LogP) is 0.938. The summed E-state index contributed by atoms with van der Waals surface area (Å²) in [5.74, 6) is 6.25. The first kappa shape index (κ1) is 15.5. The Morgan fingerprint density at radius 1 is 1.48 bits per heavy atom. The average molecular weight is 287 g/mol. The van der Waals surface area contributed by atoms with E-state index in [-0.39, 0.29) is 12.5 Å². The van der Waals surface area contributed by atoms with Crippen molar-refractivity contribution in [1.82, 2.24) is 10.3 Å². The minimum Gasteiger partial charge on any atom is -0.381 e. The van der Waals surface area contributed by atoms with E-state index in [0.717, 1.165) is 18.9 Å². The third kappa shape index (κ3) is 5.94. The lowest BCUT2D eigenvalue weighted by molar-refractivity contribution is 0.0937. The van der Waals surface area contributed by atoms with Crippen molar-refractivity contribution in [3.8, 4) is 11.8 Å². The third-order valence-corrected chi connectivity index (χ3v) is 3.14. The first-order chi connectivity index (χ1) is 10.3. The summed E-state index contributed by atoms with van der Waals surface area (Å²) in [5, 5.41) is 2.85. The molecule has 112 valence electrons. The zero-order valence-corrected chi connectivity index (χ0v) is 12.1. The van der Waals surface area contributed by atoms with Crippen molar-refractivity contribution >= 4 is 5.91 Å². The van der Waals surface area contributed by atoms with Gasteiger partial charge in [0.1, 0.15) is 0 Å². The van der Waals surface area contributed by atoms with E-state index in [0.29, 0.717) is 24.3 Å². The van der Waals surface area contributed by atoms with Gasteiger partial charge in [-0.15, -0.1) is 0 Å². The Morgan fingerprint density at radius 3 is 3.10 bits per heavy atom. The van der Waals surface area contributed by atoms with Gasteiger partial charge in [-0.3, -0.25) is 9.78 Å². The third-order valence-electron chi connectivity index (χ3n) is 3.14. The molecule has 0 radical (unpaired) electrons. The van der Waals surface area contributed by atoms with E-state index in [2.05, 4.69) is 22.1 Å². The van der Waals surface area contributed by atoms with Crippen molar-refractivity contribution in [1.29, 1.82) is 0 Å². The zero-order chi connectivity index (χ0) is 14.9. The summed E-state index contributed by atoms with van der Waals surface area (Å²) >= 11 is 0. The van der Waals surface area contributed by atoms with E-state index in [1.807, 2.05) is 0 Å². The van der Waals surface area contributed by atoms with Gasteiger partial charge in [-0.25, -0.2) is 0 Å². The van der Waals surface area contributed by atoms with Gasteiger partial charge in [0.15, 0.2) is 0 Å². The second kappa shape index (κ2) is 8.40. The molecule has 0 saturated heterocycles. The molecule has 1 fully saturated rings. The monoisotopic (exact) mass is 287 g/mol. The molecule has 1 aromatic heterocycles. The molecule has 2 rings (SSSR count). The van der Waals surface area contributed by atoms with Crippen molar-refractivity contribution in [2.24, 2.45) is 11.7 Å². The summed E-state index contributed by atoms with van der Waals surface area (Å²) in [6.07, 6.45) is 6.57.